The normalized spacial score (nSPS) is 13.0. The molecule has 0 aliphatic carbocycles. The highest BCUT2D eigenvalue weighted by molar-refractivity contribution is 5.48. The predicted molar refractivity (Wildman–Crippen MR) is 112 cm³/mol. The molecule has 1 N–H and O–H groups in total. The first-order valence-electron chi connectivity index (χ1n) is 9.89. The summed E-state index contributed by atoms with van der Waals surface area (Å²) in [5.41, 5.74) is 2.31. The first-order chi connectivity index (χ1) is 13.2. The smallest absolute Gasteiger partial charge is 0.123 e. The minimum atomic E-state index is 0.105. The third kappa shape index (κ3) is 6.79. The Hall–Kier alpha value is -2.20. The number of hydrogen-bond acceptors (Lipinski definition) is 4. The monoisotopic (exact) mass is 371 g/mol. The molecule has 0 aliphatic heterocycles. The van der Waals surface area contributed by atoms with Crippen LogP contribution in [0.1, 0.15) is 45.1 Å². The summed E-state index contributed by atoms with van der Waals surface area (Å²) in [6.07, 6.45) is 2.14. The van der Waals surface area contributed by atoms with E-state index in [2.05, 4.69) is 44.3 Å². The van der Waals surface area contributed by atoms with Crippen molar-refractivity contribution in [1.82, 2.24) is 0 Å². The summed E-state index contributed by atoms with van der Waals surface area (Å²) in [6.45, 7) is 8.49. The SMILES string of the molecule is CCC(CNc1cccc(OCCOC)c1)Oc1ccccc1C(C)CC. The lowest BCUT2D eigenvalue weighted by Crippen LogP contribution is -2.26. The van der Waals surface area contributed by atoms with Crippen LogP contribution in [0.5, 0.6) is 11.5 Å². The van der Waals surface area contributed by atoms with E-state index in [0.29, 0.717) is 19.1 Å². The molecule has 2 rings (SSSR count). The average Bonchev–Trinajstić information content (AvgIpc) is 2.71. The number of methoxy groups -OCH3 is 1. The topological polar surface area (TPSA) is 39.7 Å². The fourth-order valence-corrected chi connectivity index (χ4v) is 2.83. The van der Waals surface area contributed by atoms with Crippen molar-refractivity contribution < 1.29 is 14.2 Å². The number of benzene rings is 2. The predicted octanol–water partition coefficient (Wildman–Crippen LogP) is 5.49. The summed E-state index contributed by atoms with van der Waals surface area (Å²) in [6, 6.07) is 16.4. The van der Waals surface area contributed by atoms with Gasteiger partial charge < -0.3 is 19.5 Å². The van der Waals surface area contributed by atoms with E-state index < -0.39 is 0 Å². The second-order valence-electron chi connectivity index (χ2n) is 6.75. The molecule has 0 aromatic heterocycles. The van der Waals surface area contributed by atoms with Crippen molar-refractivity contribution in [2.45, 2.75) is 45.6 Å². The van der Waals surface area contributed by atoms with Crippen LogP contribution in [0, 0.1) is 0 Å². The van der Waals surface area contributed by atoms with E-state index in [-0.39, 0.29) is 6.10 Å². The van der Waals surface area contributed by atoms with Gasteiger partial charge in [-0.1, -0.05) is 45.0 Å². The lowest BCUT2D eigenvalue weighted by Gasteiger charge is -2.22. The quantitative estimate of drug-likeness (QED) is 0.501. The minimum absolute atomic E-state index is 0.105. The Kier molecular flexibility index (Phi) is 8.99. The number of hydrogen-bond donors (Lipinski definition) is 1. The molecule has 0 fully saturated rings. The zero-order valence-electron chi connectivity index (χ0n) is 17.0. The second-order valence-corrected chi connectivity index (χ2v) is 6.75. The highest BCUT2D eigenvalue weighted by atomic mass is 16.5. The molecular weight excluding hydrogens is 338 g/mol. The van der Waals surface area contributed by atoms with Crippen molar-refractivity contribution in [3.05, 3.63) is 54.1 Å². The summed E-state index contributed by atoms with van der Waals surface area (Å²) >= 11 is 0. The van der Waals surface area contributed by atoms with Crippen LogP contribution in [-0.4, -0.2) is 33.0 Å². The van der Waals surface area contributed by atoms with Gasteiger partial charge in [-0.3, -0.25) is 0 Å². The number of nitrogens with one attached hydrogen (secondary N) is 1. The van der Waals surface area contributed by atoms with Gasteiger partial charge in [0.25, 0.3) is 0 Å². The molecule has 148 valence electrons. The number of para-hydroxylation sites is 1. The molecule has 0 saturated heterocycles. The fraction of sp³-hybridized carbons (Fsp3) is 0.478. The van der Waals surface area contributed by atoms with Crippen LogP contribution in [0.15, 0.2) is 48.5 Å². The van der Waals surface area contributed by atoms with Crippen LogP contribution in [0.25, 0.3) is 0 Å². The molecule has 4 heteroatoms. The zero-order valence-corrected chi connectivity index (χ0v) is 17.0. The van der Waals surface area contributed by atoms with Crippen LogP contribution in [0.4, 0.5) is 5.69 Å². The van der Waals surface area contributed by atoms with Gasteiger partial charge in [-0.2, -0.15) is 0 Å². The lowest BCUT2D eigenvalue weighted by molar-refractivity contribution is 0.146. The molecule has 2 unspecified atom stereocenters. The van der Waals surface area contributed by atoms with E-state index in [0.717, 1.165) is 36.6 Å². The molecular formula is C23H33NO3. The van der Waals surface area contributed by atoms with Gasteiger partial charge in [0, 0.05) is 18.9 Å². The maximum Gasteiger partial charge on any atom is 0.123 e. The Labute approximate surface area is 163 Å². The van der Waals surface area contributed by atoms with Crippen molar-refractivity contribution >= 4 is 5.69 Å². The van der Waals surface area contributed by atoms with Gasteiger partial charge in [-0.05, 0) is 42.5 Å². The van der Waals surface area contributed by atoms with Gasteiger partial charge in [0.15, 0.2) is 0 Å². The number of anilines is 1. The van der Waals surface area contributed by atoms with Crippen LogP contribution in [0.2, 0.25) is 0 Å². The molecule has 0 heterocycles. The zero-order chi connectivity index (χ0) is 19.5. The van der Waals surface area contributed by atoms with Gasteiger partial charge in [0.05, 0.1) is 13.2 Å². The summed E-state index contributed by atoms with van der Waals surface area (Å²) in [4.78, 5) is 0. The molecule has 0 bridgehead atoms. The third-order valence-electron chi connectivity index (χ3n) is 4.74. The number of rotatable bonds is 12. The molecule has 0 spiro atoms. The Balaban J connectivity index is 1.95. The van der Waals surface area contributed by atoms with Crippen LogP contribution in [-0.2, 0) is 4.74 Å². The lowest BCUT2D eigenvalue weighted by atomic mass is 9.98. The van der Waals surface area contributed by atoms with E-state index in [4.69, 9.17) is 14.2 Å². The molecule has 2 aromatic carbocycles. The van der Waals surface area contributed by atoms with Crippen LogP contribution < -0.4 is 14.8 Å². The van der Waals surface area contributed by atoms with Gasteiger partial charge in [0.2, 0.25) is 0 Å². The summed E-state index contributed by atoms with van der Waals surface area (Å²) in [5.74, 6) is 2.33. The first kappa shape index (κ1) is 21.1. The van der Waals surface area contributed by atoms with Crippen molar-refractivity contribution in [3.8, 4) is 11.5 Å². The molecule has 0 radical (unpaired) electrons. The van der Waals surface area contributed by atoms with E-state index in [1.54, 1.807) is 7.11 Å². The van der Waals surface area contributed by atoms with E-state index >= 15 is 0 Å². The van der Waals surface area contributed by atoms with Crippen molar-refractivity contribution in [1.29, 1.82) is 0 Å². The highest BCUT2D eigenvalue weighted by Gasteiger charge is 2.14. The highest BCUT2D eigenvalue weighted by Crippen LogP contribution is 2.29. The van der Waals surface area contributed by atoms with Crippen molar-refractivity contribution in [3.63, 3.8) is 0 Å². The summed E-state index contributed by atoms with van der Waals surface area (Å²) < 4.78 is 17.0. The minimum Gasteiger partial charge on any atom is -0.491 e. The molecule has 0 saturated carbocycles. The summed E-state index contributed by atoms with van der Waals surface area (Å²) in [7, 11) is 1.67. The summed E-state index contributed by atoms with van der Waals surface area (Å²) in [5, 5.41) is 3.47. The van der Waals surface area contributed by atoms with Gasteiger partial charge >= 0.3 is 0 Å². The molecule has 2 atom stereocenters. The van der Waals surface area contributed by atoms with E-state index in [1.165, 1.54) is 5.56 Å². The standard InChI is InChI=1S/C23H33NO3/c1-5-18(3)22-12-7-8-13-23(22)27-20(6-2)17-24-19-10-9-11-21(16-19)26-15-14-25-4/h7-13,16,18,20,24H,5-6,14-15,17H2,1-4H3. The van der Waals surface area contributed by atoms with E-state index in [9.17, 15) is 0 Å². The molecule has 0 aliphatic rings. The fourth-order valence-electron chi connectivity index (χ4n) is 2.83. The van der Waals surface area contributed by atoms with Crippen LogP contribution >= 0.6 is 0 Å². The maximum absolute atomic E-state index is 6.34. The van der Waals surface area contributed by atoms with Gasteiger partial charge in [-0.25, -0.2) is 0 Å². The van der Waals surface area contributed by atoms with Crippen LogP contribution in [0.3, 0.4) is 0 Å². The average molecular weight is 372 g/mol. The molecule has 27 heavy (non-hydrogen) atoms. The number of ether oxygens (including phenoxy) is 3. The molecule has 0 amide bonds. The maximum atomic E-state index is 6.34. The largest absolute Gasteiger partial charge is 0.491 e. The van der Waals surface area contributed by atoms with Gasteiger partial charge in [0.1, 0.15) is 24.2 Å². The van der Waals surface area contributed by atoms with Gasteiger partial charge in [-0.15, -0.1) is 0 Å². The second kappa shape index (κ2) is 11.5. The Morgan fingerprint density at radius 1 is 0.963 bits per heavy atom. The van der Waals surface area contributed by atoms with Crippen molar-refractivity contribution in [2.24, 2.45) is 0 Å². The van der Waals surface area contributed by atoms with Crippen molar-refractivity contribution in [2.75, 3.05) is 32.2 Å². The first-order valence-corrected chi connectivity index (χ1v) is 9.89. The molecule has 4 nitrogen and oxygen atoms in total. The molecule has 2 aromatic rings. The Bertz CT molecular complexity index is 674. The Morgan fingerprint density at radius 2 is 1.78 bits per heavy atom. The Morgan fingerprint density at radius 3 is 2.52 bits per heavy atom. The van der Waals surface area contributed by atoms with E-state index in [1.807, 2.05) is 30.3 Å². The third-order valence-corrected chi connectivity index (χ3v) is 4.74.